The van der Waals surface area contributed by atoms with E-state index in [1.54, 1.807) is 24.3 Å². The van der Waals surface area contributed by atoms with Gasteiger partial charge in [-0.2, -0.15) is 0 Å². The summed E-state index contributed by atoms with van der Waals surface area (Å²) in [6.07, 6.45) is 0. The zero-order valence-corrected chi connectivity index (χ0v) is 10.8. The molecule has 0 aliphatic heterocycles. The fourth-order valence-corrected chi connectivity index (χ4v) is 1.82. The number of hydrogen-bond acceptors (Lipinski definition) is 4. The first-order chi connectivity index (χ1) is 9.11. The highest BCUT2D eigenvalue weighted by molar-refractivity contribution is 6.30. The summed E-state index contributed by atoms with van der Waals surface area (Å²) in [5, 5.41) is 14.3. The van der Waals surface area contributed by atoms with Crippen molar-refractivity contribution in [3.05, 3.63) is 57.6 Å². The highest BCUT2D eigenvalue weighted by atomic mass is 35.5. The van der Waals surface area contributed by atoms with Crippen LogP contribution in [0.2, 0.25) is 5.02 Å². The standard InChI is InChI=1S/C13H11ClN2O3/c1-19-13-5-3-2-4-11(13)15-10-7-6-9(14)8-12(10)16(17)18/h2-8,15H,1H3. The second-order valence-electron chi connectivity index (χ2n) is 3.74. The van der Waals surface area contributed by atoms with E-state index in [1.165, 1.54) is 13.2 Å². The summed E-state index contributed by atoms with van der Waals surface area (Å²) < 4.78 is 5.18. The second kappa shape index (κ2) is 5.58. The minimum absolute atomic E-state index is 0.0848. The Kier molecular flexibility index (Phi) is 3.87. The Bertz CT molecular complexity index is 617. The Morgan fingerprint density at radius 2 is 1.95 bits per heavy atom. The highest BCUT2D eigenvalue weighted by Crippen LogP contribution is 2.33. The number of hydrogen-bond donors (Lipinski definition) is 1. The molecule has 2 aromatic carbocycles. The van der Waals surface area contributed by atoms with Crippen molar-refractivity contribution < 1.29 is 9.66 Å². The average Bonchev–Trinajstić information content (AvgIpc) is 2.41. The Labute approximate surface area is 114 Å². The first-order valence-electron chi connectivity index (χ1n) is 5.46. The molecular weight excluding hydrogens is 268 g/mol. The van der Waals surface area contributed by atoms with Crippen LogP contribution >= 0.6 is 11.6 Å². The van der Waals surface area contributed by atoms with E-state index in [-0.39, 0.29) is 5.69 Å². The molecule has 0 aromatic heterocycles. The number of nitro groups is 1. The first kappa shape index (κ1) is 13.2. The number of ether oxygens (including phenoxy) is 1. The summed E-state index contributed by atoms with van der Waals surface area (Å²) in [6, 6.07) is 11.6. The monoisotopic (exact) mass is 278 g/mol. The maximum Gasteiger partial charge on any atom is 0.294 e. The van der Waals surface area contributed by atoms with E-state index >= 15 is 0 Å². The molecule has 0 spiro atoms. The Morgan fingerprint density at radius 1 is 1.21 bits per heavy atom. The number of methoxy groups -OCH3 is 1. The molecule has 0 saturated carbocycles. The molecule has 0 saturated heterocycles. The van der Waals surface area contributed by atoms with Gasteiger partial charge in [-0.15, -0.1) is 0 Å². The van der Waals surface area contributed by atoms with Gasteiger partial charge in [0.1, 0.15) is 11.4 Å². The van der Waals surface area contributed by atoms with Gasteiger partial charge < -0.3 is 10.1 Å². The third-order valence-electron chi connectivity index (χ3n) is 2.53. The summed E-state index contributed by atoms with van der Waals surface area (Å²) >= 11 is 5.77. The van der Waals surface area contributed by atoms with E-state index in [2.05, 4.69) is 5.32 Å². The number of nitrogens with one attached hydrogen (secondary N) is 1. The lowest BCUT2D eigenvalue weighted by molar-refractivity contribution is -0.383. The molecule has 0 aliphatic carbocycles. The van der Waals surface area contributed by atoms with E-state index in [0.717, 1.165) is 0 Å². The van der Waals surface area contributed by atoms with Crippen LogP contribution in [0.3, 0.4) is 0 Å². The third kappa shape index (κ3) is 2.95. The fraction of sp³-hybridized carbons (Fsp3) is 0.0769. The maximum absolute atomic E-state index is 11.0. The first-order valence-corrected chi connectivity index (χ1v) is 5.83. The minimum atomic E-state index is -0.483. The van der Waals surface area contributed by atoms with Crippen LogP contribution in [0.25, 0.3) is 0 Å². The molecule has 0 aliphatic rings. The summed E-state index contributed by atoms with van der Waals surface area (Å²) in [7, 11) is 1.54. The number of rotatable bonds is 4. The molecule has 0 heterocycles. The number of para-hydroxylation sites is 2. The van der Waals surface area contributed by atoms with Crippen molar-refractivity contribution in [1.29, 1.82) is 0 Å². The zero-order valence-electron chi connectivity index (χ0n) is 10.1. The lowest BCUT2D eigenvalue weighted by Gasteiger charge is -2.11. The number of halogens is 1. The summed E-state index contributed by atoms with van der Waals surface area (Å²) in [6.45, 7) is 0. The van der Waals surface area contributed by atoms with Gasteiger partial charge in [0, 0.05) is 11.1 Å². The predicted octanol–water partition coefficient (Wildman–Crippen LogP) is 4.00. The van der Waals surface area contributed by atoms with E-state index in [9.17, 15) is 10.1 Å². The van der Waals surface area contributed by atoms with Crippen LogP contribution in [-0.2, 0) is 0 Å². The third-order valence-corrected chi connectivity index (χ3v) is 2.77. The van der Waals surface area contributed by atoms with Gasteiger partial charge in [-0.3, -0.25) is 10.1 Å². The van der Waals surface area contributed by atoms with Crippen molar-refractivity contribution in [2.24, 2.45) is 0 Å². The zero-order chi connectivity index (χ0) is 13.8. The SMILES string of the molecule is COc1ccccc1Nc1ccc(Cl)cc1[N+](=O)[O-]. The normalized spacial score (nSPS) is 10.0. The van der Waals surface area contributed by atoms with Crippen molar-refractivity contribution in [3.8, 4) is 5.75 Å². The van der Waals surface area contributed by atoms with Crippen LogP contribution in [0.5, 0.6) is 5.75 Å². The van der Waals surface area contributed by atoms with E-state index < -0.39 is 4.92 Å². The molecule has 5 nitrogen and oxygen atoms in total. The molecule has 0 unspecified atom stereocenters. The topological polar surface area (TPSA) is 64.4 Å². The quantitative estimate of drug-likeness (QED) is 0.678. The minimum Gasteiger partial charge on any atom is -0.495 e. The molecule has 0 fully saturated rings. The van der Waals surface area contributed by atoms with Crippen LogP contribution in [0.15, 0.2) is 42.5 Å². The van der Waals surface area contributed by atoms with Crippen molar-refractivity contribution >= 4 is 28.7 Å². The molecule has 0 amide bonds. The van der Waals surface area contributed by atoms with Gasteiger partial charge in [-0.1, -0.05) is 23.7 Å². The van der Waals surface area contributed by atoms with Crippen LogP contribution in [-0.4, -0.2) is 12.0 Å². The number of benzene rings is 2. The van der Waals surface area contributed by atoms with Crippen LogP contribution in [0.4, 0.5) is 17.1 Å². The number of nitro benzene ring substituents is 1. The average molecular weight is 279 g/mol. The van der Waals surface area contributed by atoms with E-state index in [4.69, 9.17) is 16.3 Å². The molecule has 6 heteroatoms. The highest BCUT2D eigenvalue weighted by Gasteiger charge is 2.15. The van der Waals surface area contributed by atoms with Gasteiger partial charge in [-0.05, 0) is 24.3 Å². The summed E-state index contributed by atoms with van der Waals surface area (Å²) in [4.78, 5) is 10.5. The van der Waals surface area contributed by atoms with Gasteiger partial charge in [0.2, 0.25) is 0 Å². The molecule has 0 atom stereocenters. The predicted molar refractivity (Wildman–Crippen MR) is 74.4 cm³/mol. The van der Waals surface area contributed by atoms with E-state index in [0.29, 0.717) is 22.1 Å². The lowest BCUT2D eigenvalue weighted by Crippen LogP contribution is -1.98. The molecule has 0 bridgehead atoms. The van der Waals surface area contributed by atoms with Gasteiger partial charge in [0.05, 0.1) is 17.7 Å². The molecular formula is C13H11ClN2O3. The van der Waals surface area contributed by atoms with Crippen LogP contribution in [0.1, 0.15) is 0 Å². The van der Waals surface area contributed by atoms with Crippen molar-refractivity contribution in [1.82, 2.24) is 0 Å². The molecule has 0 radical (unpaired) electrons. The van der Waals surface area contributed by atoms with Crippen molar-refractivity contribution in [2.45, 2.75) is 0 Å². The van der Waals surface area contributed by atoms with Crippen molar-refractivity contribution in [2.75, 3.05) is 12.4 Å². The molecule has 19 heavy (non-hydrogen) atoms. The Morgan fingerprint density at radius 3 is 2.63 bits per heavy atom. The van der Waals surface area contributed by atoms with Gasteiger partial charge in [0.25, 0.3) is 5.69 Å². The molecule has 98 valence electrons. The van der Waals surface area contributed by atoms with Gasteiger partial charge >= 0.3 is 0 Å². The summed E-state index contributed by atoms with van der Waals surface area (Å²) in [5.41, 5.74) is 0.924. The maximum atomic E-state index is 11.0. The smallest absolute Gasteiger partial charge is 0.294 e. The van der Waals surface area contributed by atoms with Crippen LogP contribution in [0, 0.1) is 10.1 Å². The lowest BCUT2D eigenvalue weighted by atomic mass is 10.2. The van der Waals surface area contributed by atoms with Crippen molar-refractivity contribution in [3.63, 3.8) is 0 Å². The molecule has 2 aromatic rings. The number of nitrogens with zero attached hydrogens (tertiary/aromatic N) is 1. The Hall–Kier alpha value is -2.27. The Balaban J connectivity index is 2.41. The van der Waals surface area contributed by atoms with Gasteiger partial charge in [-0.25, -0.2) is 0 Å². The fourth-order valence-electron chi connectivity index (χ4n) is 1.65. The molecule has 2 rings (SSSR count). The largest absolute Gasteiger partial charge is 0.495 e. The second-order valence-corrected chi connectivity index (χ2v) is 4.18. The van der Waals surface area contributed by atoms with Gasteiger partial charge in [0.15, 0.2) is 0 Å². The molecule has 1 N–H and O–H groups in total. The summed E-state index contributed by atoms with van der Waals surface area (Å²) in [5.74, 6) is 0.603. The number of anilines is 2. The van der Waals surface area contributed by atoms with Crippen LogP contribution < -0.4 is 10.1 Å². The van der Waals surface area contributed by atoms with E-state index in [1.807, 2.05) is 12.1 Å².